The van der Waals surface area contributed by atoms with E-state index in [9.17, 15) is 18.0 Å². The number of aromatic nitrogens is 5. The second-order valence-electron chi connectivity index (χ2n) is 5.17. The average molecular weight is 398 g/mol. The van der Waals surface area contributed by atoms with Crippen LogP contribution in [0.3, 0.4) is 0 Å². The second-order valence-corrected chi connectivity index (χ2v) is 7.54. The normalized spacial score (nSPS) is 11.7. The molecular weight excluding hydrogens is 386 g/mol. The summed E-state index contributed by atoms with van der Waals surface area (Å²) in [5, 5.41) is 11.2. The van der Waals surface area contributed by atoms with Gasteiger partial charge in [0.25, 0.3) is 0 Å². The van der Waals surface area contributed by atoms with Gasteiger partial charge in [0.15, 0.2) is 14.9 Å². The van der Waals surface area contributed by atoms with Gasteiger partial charge in [-0.1, -0.05) is 16.8 Å². The summed E-state index contributed by atoms with van der Waals surface area (Å²) >= 11 is 5.81. The molecule has 10 nitrogen and oxygen atoms in total. The first-order chi connectivity index (χ1) is 12.2. The molecule has 0 spiro atoms. The van der Waals surface area contributed by atoms with E-state index in [0.29, 0.717) is 15.2 Å². The van der Waals surface area contributed by atoms with Crippen LogP contribution in [0.4, 0.5) is 0 Å². The van der Waals surface area contributed by atoms with Crippen molar-refractivity contribution in [1.29, 1.82) is 0 Å². The largest absolute Gasteiger partial charge is 0.462 e. The maximum atomic E-state index is 12.7. The van der Waals surface area contributed by atoms with Crippen LogP contribution in [0.5, 0.6) is 0 Å². The van der Waals surface area contributed by atoms with Crippen molar-refractivity contribution < 1.29 is 17.9 Å². The summed E-state index contributed by atoms with van der Waals surface area (Å²) in [5.74, 6) is -0.958. The van der Waals surface area contributed by atoms with E-state index in [1.54, 1.807) is 19.1 Å². The lowest BCUT2D eigenvalue weighted by atomic mass is 10.3. The monoisotopic (exact) mass is 397 g/mol. The van der Waals surface area contributed by atoms with Gasteiger partial charge in [0.2, 0.25) is 5.65 Å². The molecule has 0 bridgehead atoms. The Bertz CT molecular complexity index is 1170. The molecule has 0 unspecified atom stereocenters. The molecule has 26 heavy (non-hydrogen) atoms. The van der Waals surface area contributed by atoms with Crippen molar-refractivity contribution in [3.05, 3.63) is 45.3 Å². The van der Waals surface area contributed by atoms with Crippen LogP contribution in [0.15, 0.2) is 34.1 Å². The topological polar surface area (TPSA) is 126 Å². The van der Waals surface area contributed by atoms with Crippen molar-refractivity contribution in [1.82, 2.24) is 24.6 Å². The third kappa shape index (κ3) is 3.06. The Labute approximate surface area is 151 Å². The van der Waals surface area contributed by atoms with Crippen LogP contribution in [0.2, 0.25) is 5.02 Å². The zero-order chi connectivity index (χ0) is 19.1. The van der Waals surface area contributed by atoms with Crippen molar-refractivity contribution in [3.8, 4) is 5.69 Å². The first kappa shape index (κ1) is 18.0. The third-order valence-corrected chi connectivity index (χ3v) is 4.56. The van der Waals surface area contributed by atoms with Crippen molar-refractivity contribution in [2.75, 3.05) is 12.9 Å². The summed E-state index contributed by atoms with van der Waals surface area (Å²) in [5.41, 5.74) is -1.21. The van der Waals surface area contributed by atoms with Gasteiger partial charge in [-0.3, -0.25) is 0 Å². The highest BCUT2D eigenvalue weighted by atomic mass is 35.5. The smallest absolute Gasteiger partial charge is 0.373 e. The minimum Gasteiger partial charge on any atom is -0.462 e. The van der Waals surface area contributed by atoms with E-state index in [2.05, 4.69) is 15.4 Å². The zero-order valence-corrected chi connectivity index (χ0v) is 15.2. The number of carbonyl (C=O) groups is 1. The number of nitrogens with zero attached hydrogens (tertiary/aromatic N) is 5. The van der Waals surface area contributed by atoms with Crippen LogP contribution < -0.4 is 5.69 Å². The van der Waals surface area contributed by atoms with E-state index in [-0.39, 0.29) is 12.3 Å². The molecule has 0 aliphatic carbocycles. The van der Waals surface area contributed by atoms with Gasteiger partial charge in [0.05, 0.1) is 12.3 Å². The highest BCUT2D eigenvalue weighted by molar-refractivity contribution is 7.90. The molecule has 136 valence electrons. The van der Waals surface area contributed by atoms with Gasteiger partial charge in [-0.25, -0.2) is 18.0 Å². The van der Waals surface area contributed by atoms with Crippen molar-refractivity contribution in [2.45, 2.75) is 11.9 Å². The molecule has 0 saturated carbocycles. The SMILES string of the molecule is CCOC(=O)c1c(S(C)(=O)=O)nn2c(=O)n(-c3ccc(Cl)cc3)nnc12. The molecule has 1 aromatic carbocycles. The fourth-order valence-electron chi connectivity index (χ4n) is 2.22. The highest BCUT2D eigenvalue weighted by Crippen LogP contribution is 2.19. The molecule has 2 aromatic heterocycles. The number of esters is 1. The lowest BCUT2D eigenvalue weighted by Crippen LogP contribution is -2.29. The average Bonchev–Trinajstić information content (AvgIpc) is 2.97. The number of sulfone groups is 1. The summed E-state index contributed by atoms with van der Waals surface area (Å²) in [6.07, 6.45) is 0.864. The van der Waals surface area contributed by atoms with Gasteiger partial charge in [0.1, 0.15) is 5.56 Å². The van der Waals surface area contributed by atoms with E-state index in [0.717, 1.165) is 10.9 Å². The predicted molar refractivity (Wildman–Crippen MR) is 90.5 cm³/mol. The number of fused-ring (bicyclic) bond motifs is 1. The third-order valence-electron chi connectivity index (χ3n) is 3.32. The molecule has 3 aromatic rings. The first-order valence-electron chi connectivity index (χ1n) is 7.26. The molecule has 0 fully saturated rings. The maximum Gasteiger partial charge on any atom is 0.373 e. The molecule has 0 amide bonds. The molecule has 3 rings (SSSR count). The van der Waals surface area contributed by atoms with Gasteiger partial charge in [-0.05, 0) is 31.2 Å². The molecule has 0 atom stereocenters. The summed E-state index contributed by atoms with van der Waals surface area (Å²) < 4.78 is 30.4. The van der Waals surface area contributed by atoms with Crippen molar-refractivity contribution in [3.63, 3.8) is 0 Å². The maximum absolute atomic E-state index is 12.7. The van der Waals surface area contributed by atoms with Crippen LogP contribution in [0.1, 0.15) is 17.3 Å². The molecular formula is C14H12ClN5O5S. The fourth-order valence-corrected chi connectivity index (χ4v) is 3.12. The van der Waals surface area contributed by atoms with Crippen LogP contribution in [0, 0.1) is 0 Å². The Morgan fingerprint density at radius 2 is 1.92 bits per heavy atom. The zero-order valence-electron chi connectivity index (χ0n) is 13.6. The number of benzene rings is 1. The Morgan fingerprint density at radius 3 is 2.50 bits per heavy atom. The number of carbonyl (C=O) groups excluding carboxylic acids is 1. The first-order valence-corrected chi connectivity index (χ1v) is 9.53. The van der Waals surface area contributed by atoms with Crippen LogP contribution in [0.25, 0.3) is 11.3 Å². The Hall–Kier alpha value is -2.79. The molecule has 0 aliphatic heterocycles. The Kier molecular flexibility index (Phi) is 4.50. The van der Waals surface area contributed by atoms with Crippen molar-refractivity contribution in [2.24, 2.45) is 0 Å². The van der Waals surface area contributed by atoms with Crippen LogP contribution in [-0.4, -0.2) is 51.9 Å². The minimum absolute atomic E-state index is 0.00858. The predicted octanol–water partition coefficient (Wildman–Crippen LogP) is 0.509. The lowest BCUT2D eigenvalue weighted by molar-refractivity contribution is 0.0523. The van der Waals surface area contributed by atoms with E-state index < -0.39 is 32.1 Å². The summed E-state index contributed by atoms with van der Waals surface area (Å²) in [7, 11) is -3.92. The van der Waals surface area contributed by atoms with Gasteiger partial charge in [-0.2, -0.15) is 9.20 Å². The quantitative estimate of drug-likeness (QED) is 0.583. The van der Waals surface area contributed by atoms with Crippen LogP contribution >= 0.6 is 11.6 Å². The fraction of sp³-hybridized carbons (Fsp3) is 0.214. The minimum atomic E-state index is -3.92. The number of hydrogen-bond donors (Lipinski definition) is 0. The lowest BCUT2D eigenvalue weighted by Gasteiger charge is -2.04. The van der Waals surface area contributed by atoms with Gasteiger partial charge in [0, 0.05) is 11.3 Å². The van der Waals surface area contributed by atoms with Crippen molar-refractivity contribution >= 4 is 33.1 Å². The Morgan fingerprint density at radius 1 is 1.27 bits per heavy atom. The molecule has 0 aliphatic rings. The van der Waals surface area contributed by atoms with Gasteiger partial charge in [-0.15, -0.1) is 10.2 Å². The van der Waals surface area contributed by atoms with Gasteiger partial charge < -0.3 is 4.74 Å². The highest BCUT2D eigenvalue weighted by Gasteiger charge is 2.30. The summed E-state index contributed by atoms with van der Waals surface area (Å²) in [6, 6.07) is 6.14. The van der Waals surface area contributed by atoms with Crippen LogP contribution in [-0.2, 0) is 14.6 Å². The number of halogens is 1. The Balaban J connectivity index is 2.32. The molecule has 0 N–H and O–H groups in total. The molecule has 2 heterocycles. The standard InChI is InChI=1S/C14H12ClN5O5S/c1-3-25-13(21)10-11-16-18-19(9-6-4-8(15)5-7-9)14(22)20(11)17-12(10)26(2,23)24/h4-7H,3H2,1-2H3. The van der Waals surface area contributed by atoms with Gasteiger partial charge >= 0.3 is 11.7 Å². The van der Waals surface area contributed by atoms with E-state index in [1.807, 2.05) is 0 Å². The van der Waals surface area contributed by atoms with E-state index >= 15 is 0 Å². The summed E-state index contributed by atoms with van der Waals surface area (Å²) in [4.78, 5) is 24.8. The second kappa shape index (κ2) is 6.50. The number of hydrogen-bond acceptors (Lipinski definition) is 8. The number of rotatable bonds is 4. The van der Waals surface area contributed by atoms with E-state index in [1.165, 1.54) is 12.1 Å². The molecule has 0 radical (unpaired) electrons. The van der Waals surface area contributed by atoms with E-state index in [4.69, 9.17) is 16.3 Å². The molecule has 0 saturated heterocycles. The summed E-state index contributed by atoms with van der Waals surface area (Å²) in [6.45, 7) is 1.57. The number of ether oxygens (including phenoxy) is 1. The molecule has 12 heteroatoms.